The number of carbonyl (C=O) groups is 1. The van der Waals surface area contributed by atoms with Gasteiger partial charge in [0.25, 0.3) is 0 Å². The summed E-state index contributed by atoms with van der Waals surface area (Å²) in [7, 11) is 0. The lowest BCUT2D eigenvalue weighted by Crippen LogP contribution is -2.36. The minimum atomic E-state index is -0.255. The number of ether oxygens (including phenoxy) is 1. The molecule has 0 aliphatic heterocycles. The molecule has 0 spiro atoms. The van der Waals surface area contributed by atoms with Crippen molar-refractivity contribution in [3.63, 3.8) is 0 Å². The van der Waals surface area contributed by atoms with Crippen molar-refractivity contribution in [2.45, 2.75) is 52.6 Å². The lowest BCUT2D eigenvalue weighted by Gasteiger charge is -2.33. The summed E-state index contributed by atoms with van der Waals surface area (Å²) >= 11 is 0. The van der Waals surface area contributed by atoms with Crippen LogP contribution in [-0.4, -0.2) is 18.7 Å². The molecule has 88 valence electrons. The molecule has 1 aliphatic carbocycles. The molecule has 0 heterocycles. The van der Waals surface area contributed by atoms with Gasteiger partial charge in [-0.05, 0) is 38.0 Å². The number of rotatable bonds is 3. The molecule has 1 aliphatic rings. The van der Waals surface area contributed by atoms with Crippen LogP contribution in [0.25, 0.3) is 0 Å². The van der Waals surface area contributed by atoms with Gasteiger partial charge in [-0.3, -0.25) is 0 Å². The molecule has 3 heteroatoms. The first kappa shape index (κ1) is 12.3. The van der Waals surface area contributed by atoms with Crippen LogP contribution in [0.15, 0.2) is 0 Å². The molecule has 1 rings (SSSR count). The Morgan fingerprint density at radius 2 is 2.07 bits per heavy atom. The van der Waals surface area contributed by atoms with Gasteiger partial charge in [0.1, 0.15) is 6.10 Å². The maximum absolute atomic E-state index is 11.3. The number of nitrogens with one attached hydrogen (secondary N) is 1. The van der Waals surface area contributed by atoms with Crippen molar-refractivity contribution in [2.75, 3.05) is 6.54 Å². The van der Waals surface area contributed by atoms with Gasteiger partial charge in [0.15, 0.2) is 0 Å². The van der Waals surface area contributed by atoms with Crippen molar-refractivity contribution < 1.29 is 9.53 Å². The second kappa shape index (κ2) is 5.99. The number of hydrogen-bond donors (Lipinski definition) is 1. The molecule has 1 unspecified atom stereocenters. The van der Waals surface area contributed by atoms with Gasteiger partial charge in [-0.2, -0.15) is 0 Å². The molecule has 15 heavy (non-hydrogen) atoms. The monoisotopic (exact) mass is 213 g/mol. The third-order valence-corrected chi connectivity index (χ3v) is 3.19. The van der Waals surface area contributed by atoms with Crippen LogP contribution in [0.2, 0.25) is 0 Å². The SMILES string of the molecule is CCNC(=O)O[C@H]1CCCCC1C(C)C. The highest BCUT2D eigenvalue weighted by atomic mass is 16.6. The van der Waals surface area contributed by atoms with E-state index in [0.717, 1.165) is 6.42 Å². The molecule has 0 aromatic rings. The molecule has 1 N–H and O–H groups in total. The van der Waals surface area contributed by atoms with E-state index in [9.17, 15) is 4.79 Å². The van der Waals surface area contributed by atoms with Crippen molar-refractivity contribution in [1.29, 1.82) is 0 Å². The normalized spacial score (nSPS) is 26.4. The van der Waals surface area contributed by atoms with E-state index in [-0.39, 0.29) is 12.2 Å². The summed E-state index contributed by atoms with van der Waals surface area (Å²) < 4.78 is 5.46. The molecule has 1 saturated carbocycles. The summed E-state index contributed by atoms with van der Waals surface area (Å²) in [6, 6.07) is 0. The minimum absolute atomic E-state index is 0.130. The third-order valence-electron chi connectivity index (χ3n) is 3.19. The Labute approximate surface area is 92.6 Å². The van der Waals surface area contributed by atoms with E-state index in [1.807, 2.05) is 6.92 Å². The van der Waals surface area contributed by atoms with Crippen molar-refractivity contribution >= 4 is 6.09 Å². The van der Waals surface area contributed by atoms with Crippen molar-refractivity contribution in [2.24, 2.45) is 11.8 Å². The Balaban J connectivity index is 2.45. The summed E-state index contributed by atoms with van der Waals surface area (Å²) in [4.78, 5) is 11.3. The average molecular weight is 213 g/mol. The van der Waals surface area contributed by atoms with Crippen LogP contribution < -0.4 is 5.32 Å². The Bertz CT molecular complexity index is 204. The molecular weight excluding hydrogens is 190 g/mol. The van der Waals surface area contributed by atoms with Crippen LogP contribution in [0.1, 0.15) is 46.5 Å². The van der Waals surface area contributed by atoms with E-state index in [1.54, 1.807) is 0 Å². The Hall–Kier alpha value is -0.730. The smallest absolute Gasteiger partial charge is 0.407 e. The highest BCUT2D eigenvalue weighted by Crippen LogP contribution is 2.32. The topological polar surface area (TPSA) is 38.3 Å². The van der Waals surface area contributed by atoms with Gasteiger partial charge >= 0.3 is 6.09 Å². The summed E-state index contributed by atoms with van der Waals surface area (Å²) in [5.74, 6) is 1.14. The van der Waals surface area contributed by atoms with Crippen LogP contribution in [0, 0.1) is 11.8 Å². The van der Waals surface area contributed by atoms with Gasteiger partial charge in [0, 0.05) is 6.54 Å². The zero-order valence-corrected chi connectivity index (χ0v) is 10.1. The number of alkyl carbamates (subject to hydrolysis) is 1. The first-order valence-corrected chi connectivity index (χ1v) is 6.09. The number of hydrogen-bond acceptors (Lipinski definition) is 2. The van der Waals surface area contributed by atoms with Gasteiger partial charge in [-0.1, -0.05) is 20.3 Å². The lowest BCUT2D eigenvalue weighted by molar-refractivity contribution is 0.0207. The largest absolute Gasteiger partial charge is 0.446 e. The van der Waals surface area contributed by atoms with Crippen LogP contribution >= 0.6 is 0 Å². The standard InChI is InChI=1S/C12H23NO2/c1-4-13-12(14)15-11-8-6-5-7-10(11)9(2)3/h9-11H,4-8H2,1-3H3,(H,13,14)/t10?,11-/m0/s1. The zero-order valence-electron chi connectivity index (χ0n) is 10.1. The molecule has 1 fully saturated rings. The summed E-state index contributed by atoms with van der Waals surface area (Å²) in [5.41, 5.74) is 0. The molecule has 1 amide bonds. The molecule has 0 bridgehead atoms. The average Bonchev–Trinajstić information content (AvgIpc) is 2.18. The van der Waals surface area contributed by atoms with Crippen molar-refractivity contribution in [3.8, 4) is 0 Å². The highest BCUT2D eigenvalue weighted by Gasteiger charge is 2.30. The second-order valence-corrected chi connectivity index (χ2v) is 4.67. The fraction of sp³-hybridized carbons (Fsp3) is 0.917. The van der Waals surface area contributed by atoms with E-state index in [4.69, 9.17) is 4.74 Å². The maximum Gasteiger partial charge on any atom is 0.407 e. The van der Waals surface area contributed by atoms with Crippen LogP contribution in [-0.2, 0) is 4.74 Å². The third kappa shape index (κ3) is 3.73. The number of carbonyl (C=O) groups excluding carboxylic acids is 1. The maximum atomic E-state index is 11.3. The van der Waals surface area contributed by atoms with Gasteiger partial charge in [-0.15, -0.1) is 0 Å². The summed E-state index contributed by atoms with van der Waals surface area (Å²) in [6.07, 6.45) is 4.56. The molecule has 2 atom stereocenters. The van der Waals surface area contributed by atoms with Crippen molar-refractivity contribution in [3.05, 3.63) is 0 Å². The van der Waals surface area contributed by atoms with Crippen LogP contribution in [0.5, 0.6) is 0 Å². The molecule has 3 nitrogen and oxygen atoms in total. The van der Waals surface area contributed by atoms with Gasteiger partial charge < -0.3 is 10.1 Å². The second-order valence-electron chi connectivity index (χ2n) is 4.67. The molecule has 0 saturated heterocycles. The zero-order chi connectivity index (χ0) is 11.3. The summed E-state index contributed by atoms with van der Waals surface area (Å²) in [6.45, 7) is 6.97. The fourth-order valence-electron chi connectivity index (χ4n) is 2.36. The predicted octanol–water partition coefficient (Wildman–Crippen LogP) is 2.95. The molecule has 0 radical (unpaired) electrons. The highest BCUT2D eigenvalue weighted by molar-refractivity contribution is 5.67. The van der Waals surface area contributed by atoms with Gasteiger partial charge in [-0.25, -0.2) is 4.79 Å². The Morgan fingerprint density at radius 3 is 2.67 bits per heavy atom. The quantitative estimate of drug-likeness (QED) is 0.782. The Morgan fingerprint density at radius 1 is 1.40 bits per heavy atom. The molecular formula is C12H23NO2. The van der Waals surface area contributed by atoms with Gasteiger partial charge in [0.05, 0.1) is 0 Å². The van der Waals surface area contributed by atoms with Gasteiger partial charge in [0.2, 0.25) is 0 Å². The minimum Gasteiger partial charge on any atom is -0.446 e. The predicted molar refractivity (Wildman–Crippen MR) is 60.7 cm³/mol. The van der Waals surface area contributed by atoms with E-state index in [2.05, 4.69) is 19.2 Å². The summed E-state index contributed by atoms with van der Waals surface area (Å²) in [5, 5.41) is 2.69. The first-order valence-electron chi connectivity index (χ1n) is 6.09. The van der Waals surface area contributed by atoms with Crippen LogP contribution in [0.3, 0.4) is 0 Å². The van der Waals surface area contributed by atoms with Crippen molar-refractivity contribution in [1.82, 2.24) is 5.32 Å². The van der Waals surface area contributed by atoms with E-state index in [1.165, 1.54) is 19.3 Å². The first-order chi connectivity index (χ1) is 7.15. The van der Waals surface area contributed by atoms with E-state index >= 15 is 0 Å². The molecule has 0 aromatic heterocycles. The Kier molecular flexibility index (Phi) is 4.92. The fourth-order valence-corrected chi connectivity index (χ4v) is 2.36. The number of amides is 1. The lowest BCUT2D eigenvalue weighted by atomic mass is 9.79. The molecule has 0 aromatic carbocycles. The van der Waals surface area contributed by atoms with E-state index < -0.39 is 0 Å². The van der Waals surface area contributed by atoms with E-state index in [0.29, 0.717) is 18.4 Å². The van der Waals surface area contributed by atoms with Crippen LogP contribution in [0.4, 0.5) is 4.79 Å².